The first-order chi connectivity index (χ1) is 8.83. The minimum Gasteiger partial charge on any atom is -0.381 e. The van der Waals surface area contributed by atoms with Gasteiger partial charge in [0.1, 0.15) is 0 Å². The van der Waals surface area contributed by atoms with Crippen LogP contribution in [-0.2, 0) is 11.2 Å². The summed E-state index contributed by atoms with van der Waals surface area (Å²) in [6, 6.07) is 2.68. The van der Waals surface area contributed by atoms with Gasteiger partial charge in [-0.25, -0.2) is 0 Å². The first-order valence-corrected chi connectivity index (χ1v) is 8.11. The van der Waals surface area contributed by atoms with Crippen LogP contribution >= 0.6 is 22.9 Å². The highest BCUT2D eigenvalue weighted by Gasteiger charge is 2.23. The Morgan fingerprint density at radius 1 is 1.39 bits per heavy atom. The second kappa shape index (κ2) is 5.91. The summed E-state index contributed by atoms with van der Waals surface area (Å²) in [7, 11) is 0. The van der Waals surface area contributed by atoms with Crippen molar-refractivity contribution in [2.75, 3.05) is 19.8 Å². The highest BCUT2D eigenvalue weighted by molar-refractivity contribution is 7.16. The lowest BCUT2D eigenvalue weighted by atomic mass is 9.93. The highest BCUT2D eigenvalue weighted by atomic mass is 35.5. The van der Waals surface area contributed by atoms with Crippen LogP contribution in [0.25, 0.3) is 0 Å². The molecule has 2 heterocycles. The van der Waals surface area contributed by atoms with Crippen molar-refractivity contribution in [2.45, 2.75) is 38.1 Å². The highest BCUT2D eigenvalue weighted by Crippen LogP contribution is 2.37. The number of thiophene rings is 1. The van der Waals surface area contributed by atoms with Crippen molar-refractivity contribution >= 4 is 22.9 Å². The molecule has 2 nitrogen and oxygen atoms in total. The topological polar surface area (TPSA) is 21.3 Å². The van der Waals surface area contributed by atoms with Crippen LogP contribution in [0.3, 0.4) is 0 Å². The molecule has 1 aliphatic heterocycles. The van der Waals surface area contributed by atoms with Crippen molar-refractivity contribution in [1.82, 2.24) is 5.32 Å². The second-order valence-electron chi connectivity index (χ2n) is 5.37. The summed E-state index contributed by atoms with van der Waals surface area (Å²) in [5, 5.41) is 3.73. The summed E-state index contributed by atoms with van der Waals surface area (Å²) in [4.78, 5) is 1.49. The summed E-state index contributed by atoms with van der Waals surface area (Å²) in [6.07, 6.45) is 6.25. The number of aryl methyl sites for hydroxylation is 1. The summed E-state index contributed by atoms with van der Waals surface area (Å²) >= 11 is 7.89. The fourth-order valence-electron chi connectivity index (χ4n) is 3.01. The quantitative estimate of drug-likeness (QED) is 0.912. The predicted octanol–water partition coefficient (Wildman–Crippen LogP) is 3.80. The summed E-state index contributed by atoms with van der Waals surface area (Å²) < 4.78 is 6.48. The zero-order chi connectivity index (χ0) is 12.4. The molecule has 2 aliphatic rings. The minimum atomic E-state index is 0.513. The molecule has 0 amide bonds. The SMILES string of the molecule is Clc1cc2c(s1)CCCC2NCC1CCCOC1. The van der Waals surface area contributed by atoms with Crippen LogP contribution in [0.15, 0.2) is 6.07 Å². The maximum atomic E-state index is 6.14. The molecule has 1 N–H and O–H groups in total. The van der Waals surface area contributed by atoms with Gasteiger partial charge in [0.25, 0.3) is 0 Å². The Kier molecular flexibility index (Phi) is 4.24. The van der Waals surface area contributed by atoms with Gasteiger partial charge in [0, 0.05) is 24.1 Å². The first kappa shape index (κ1) is 12.9. The van der Waals surface area contributed by atoms with Gasteiger partial charge < -0.3 is 10.1 Å². The maximum absolute atomic E-state index is 6.14. The van der Waals surface area contributed by atoms with Crippen LogP contribution in [0.2, 0.25) is 4.34 Å². The van der Waals surface area contributed by atoms with Gasteiger partial charge in [0.15, 0.2) is 0 Å². The van der Waals surface area contributed by atoms with E-state index in [1.54, 1.807) is 11.3 Å². The molecule has 0 spiro atoms. The van der Waals surface area contributed by atoms with Crippen molar-refractivity contribution in [2.24, 2.45) is 5.92 Å². The Bertz CT molecular complexity index is 400. The van der Waals surface area contributed by atoms with Crippen molar-refractivity contribution < 1.29 is 4.74 Å². The minimum absolute atomic E-state index is 0.513. The van der Waals surface area contributed by atoms with Gasteiger partial charge in [-0.1, -0.05) is 11.6 Å². The molecule has 1 aromatic rings. The molecule has 1 saturated heterocycles. The van der Waals surface area contributed by atoms with E-state index in [0.29, 0.717) is 12.0 Å². The maximum Gasteiger partial charge on any atom is 0.0934 e. The lowest BCUT2D eigenvalue weighted by Crippen LogP contribution is -2.32. The van der Waals surface area contributed by atoms with E-state index in [9.17, 15) is 0 Å². The number of hydrogen-bond acceptors (Lipinski definition) is 3. The van der Waals surface area contributed by atoms with Gasteiger partial charge in [-0.3, -0.25) is 0 Å². The van der Waals surface area contributed by atoms with E-state index in [1.807, 2.05) is 0 Å². The Hall–Kier alpha value is -0.0900. The third kappa shape index (κ3) is 2.90. The van der Waals surface area contributed by atoms with Crippen molar-refractivity contribution in [3.63, 3.8) is 0 Å². The monoisotopic (exact) mass is 285 g/mol. The lowest BCUT2D eigenvalue weighted by Gasteiger charge is -2.28. The number of hydrogen-bond donors (Lipinski definition) is 1. The molecule has 0 radical (unpaired) electrons. The average Bonchev–Trinajstić information content (AvgIpc) is 2.78. The molecular formula is C14H20ClNOS. The van der Waals surface area contributed by atoms with Crippen LogP contribution in [0.1, 0.15) is 42.2 Å². The molecule has 1 aliphatic carbocycles. The predicted molar refractivity (Wildman–Crippen MR) is 76.6 cm³/mol. The van der Waals surface area contributed by atoms with Crippen LogP contribution < -0.4 is 5.32 Å². The summed E-state index contributed by atoms with van der Waals surface area (Å²) in [6.45, 7) is 2.96. The smallest absolute Gasteiger partial charge is 0.0934 e. The van der Waals surface area contributed by atoms with Gasteiger partial charge in [0.2, 0.25) is 0 Å². The Morgan fingerprint density at radius 2 is 2.33 bits per heavy atom. The van der Waals surface area contributed by atoms with Crippen LogP contribution in [0, 0.1) is 5.92 Å². The van der Waals surface area contributed by atoms with E-state index in [2.05, 4.69) is 11.4 Å². The fourth-order valence-corrected chi connectivity index (χ4v) is 4.39. The molecule has 0 bridgehead atoms. The van der Waals surface area contributed by atoms with Crippen molar-refractivity contribution in [3.05, 3.63) is 20.8 Å². The second-order valence-corrected chi connectivity index (χ2v) is 7.13. The molecule has 2 atom stereocenters. The molecule has 4 heteroatoms. The zero-order valence-corrected chi connectivity index (χ0v) is 12.2. The van der Waals surface area contributed by atoms with E-state index in [0.717, 1.165) is 24.1 Å². The molecule has 1 aromatic heterocycles. The Balaban J connectivity index is 1.59. The van der Waals surface area contributed by atoms with Gasteiger partial charge in [0.05, 0.1) is 10.9 Å². The van der Waals surface area contributed by atoms with Crippen LogP contribution in [0.4, 0.5) is 0 Å². The lowest BCUT2D eigenvalue weighted by molar-refractivity contribution is 0.0535. The first-order valence-electron chi connectivity index (χ1n) is 6.92. The average molecular weight is 286 g/mol. The molecule has 1 fully saturated rings. The molecule has 18 heavy (non-hydrogen) atoms. The number of ether oxygens (including phenoxy) is 1. The number of halogens is 1. The molecule has 2 unspecified atom stereocenters. The van der Waals surface area contributed by atoms with E-state index in [1.165, 1.54) is 42.5 Å². The molecule has 0 saturated carbocycles. The standard InChI is InChI=1S/C14H20ClNOS/c15-14-7-11-12(4-1-5-13(11)18-14)16-8-10-3-2-6-17-9-10/h7,10,12,16H,1-6,8-9H2. The van der Waals surface area contributed by atoms with E-state index in [-0.39, 0.29) is 0 Å². The Morgan fingerprint density at radius 3 is 3.17 bits per heavy atom. The van der Waals surface area contributed by atoms with Gasteiger partial charge in [-0.15, -0.1) is 11.3 Å². The molecule has 100 valence electrons. The molecule has 0 aromatic carbocycles. The zero-order valence-electron chi connectivity index (χ0n) is 10.6. The van der Waals surface area contributed by atoms with Gasteiger partial charge in [-0.2, -0.15) is 0 Å². The largest absolute Gasteiger partial charge is 0.381 e. The van der Waals surface area contributed by atoms with Crippen molar-refractivity contribution in [3.8, 4) is 0 Å². The summed E-state index contributed by atoms with van der Waals surface area (Å²) in [5.74, 6) is 0.693. The number of nitrogens with one attached hydrogen (secondary N) is 1. The molecule has 3 rings (SSSR count). The normalized spacial score (nSPS) is 28.1. The van der Waals surface area contributed by atoms with E-state index in [4.69, 9.17) is 16.3 Å². The van der Waals surface area contributed by atoms with Crippen LogP contribution in [0.5, 0.6) is 0 Å². The van der Waals surface area contributed by atoms with Crippen molar-refractivity contribution in [1.29, 1.82) is 0 Å². The number of fused-ring (bicyclic) bond motifs is 1. The third-order valence-corrected chi connectivity index (χ3v) is 5.33. The van der Waals surface area contributed by atoms with Crippen LogP contribution in [-0.4, -0.2) is 19.8 Å². The van der Waals surface area contributed by atoms with E-state index >= 15 is 0 Å². The number of rotatable bonds is 3. The summed E-state index contributed by atoms with van der Waals surface area (Å²) in [5.41, 5.74) is 1.45. The fraction of sp³-hybridized carbons (Fsp3) is 0.714. The molecular weight excluding hydrogens is 266 g/mol. The van der Waals surface area contributed by atoms with E-state index < -0.39 is 0 Å². The van der Waals surface area contributed by atoms with Gasteiger partial charge in [-0.05, 0) is 49.7 Å². The third-order valence-electron chi connectivity index (χ3n) is 3.99. The Labute approximate surface area is 118 Å². The van der Waals surface area contributed by atoms with Gasteiger partial charge >= 0.3 is 0 Å².